The van der Waals surface area contributed by atoms with E-state index >= 15 is 0 Å². The van der Waals surface area contributed by atoms with Crippen LogP contribution in [0, 0.1) is 0 Å². The number of nitrogens with zero attached hydrogens (tertiary/aromatic N) is 4. The van der Waals surface area contributed by atoms with E-state index in [1.54, 1.807) is 0 Å². The Morgan fingerprint density at radius 3 is 3.04 bits per heavy atom. The maximum atomic E-state index is 4.85. The van der Waals surface area contributed by atoms with Gasteiger partial charge in [0.15, 0.2) is 5.82 Å². The maximum absolute atomic E-state index is 4.85. The Morgan fingerprint density at radius 1 is 1.19 bits per heavy atom. The monoisotopic (exact) mass is 423 g/mol. The molecule has 0 radical (unpaired) electrons. The van der Waals surface area contributed by atoms with Crippen molar-refractivity contribution in [1.82, 2.24) is 19.9 Å². The third-order valence-corrected chi connectivity index (χ3v) is 6.01. The topological polar surface area (TPSA) is 57.2 Å². The number of aromatic amines is 1. The third kappa shape index (κ3) is 3.44. The standard InChI is InChI=1S/C21H22BrN5/c22-16-4-5-17-14(10-24-20(17)9-16)12-27-8-6-18-15(13-27)11-25-21(26-18)19-3-1-2-7-23-19/h4-5,9-11,24H,1-3,6-8,12-13H2. The van der Waals surface area contributed by atoms with Gasteiger partial charge in [-0.15, -0.1) is 0 Å². The number of hydrogen-bond donors (Lipinski definition) is 1. The number of aliphatic imine (C=N–C) groups is 1. The minimum absolute atomic E-state index is 0.851. The molecule has 6 heteroatoms. The van der Waals surface area contributed by atoms with E-state index in [1.807, 2.05) is 6.20 Å². The van der Waals surface area contributed by atoms with Crippen molar-refractivity contribution in [1.29, 1.82) is 0 Å². The van der Waals surface area contributed by atoms with Crippen LogP contribution in [0.3, 0.4) is 0 Å². The van der Waals surface area contributed by atoms with Gasteiger partial charge >= 0.3 is 0 Å². The summed E-state index contributed by atoms with van der Waals surface area (Å²) in [4.78, 5) is 20.0. The lowest BCUT2D eigenvalue weighted by Gasteiger charge is -2.28. The largest absolute Gasteiger partial charge is 0.361 e. The van der Waals surface area contributed by atoms with Gasteiger partial charge < -0.3 is 4.98 Å². The van der Waals surface area contributed by atoms with E-state index in [-0.39, 0.29) is 0 Å². The number of nitrogens with one attached hydrogen (secondary N) is 1. The number of benzene rings is 1. The van der Waals surface area contributed by atoms with Crippen molar-refractivity contribution >= 4 is 32.5 Å². The second-order valence-electron chi connectivity index (χ2n) is 7.42. The first-order chi connectivity index (χ1) is 13.3. The van der Waals surface area contributed by atoms with Crippen LogP contribution < -0.4 is 0 Å². The number of hydrogen-bond acceptors (Lipinski definition) is 4. The third-order valence-electron chi connectivity index (χ3n) is 5.52. The fourth-order valence-electron chi connectivity index (χ4n) is 4.06. The SMILES string of the molecule is Brc1ccc2c(CN3CCc4nc(C5=NCCCC5)ncc4C3)c[nH]c2c1. The molecular weight excluding hydrogens is 402 g/mol. The minimum Gasteiger partial charge on any atom is -0.361 e. The smallest absolute Gasteiger partial charge is 0.173 e. The zero-order chi connectivity index (χ0) is 18.2. The Balaban J connectivity index is 1.34. The van der Waals surface area contributed by atoms with E-state index in [2.05, 4.69) is 60.2 Å². The van der Waals surface area contributed by atoms with E-state index in [1.165, 1.54) is 40.6 Å². The maximum Gasteiger partial charge on any atom is 0.173 e. The van der Waals surface area contributed by atoms with Crippen molar-refractivity contribution in [3.05, 3.63) is 57.7 Å². The van der Waals surface area contributed by atoms with E-state index in [4.69, 9.17) is 4.98 Å². The lowest BCUT2D eigenvalue weighted by molar-refractivity contribution is 0.243. The molecular formula is C21H22BrN5. The van der Waals surface area contributed by atoms with Gasteiger partial charge in [-0.2, -0.15) is 0 Å². The molecule has 5 rings (SSSR count). The molecule has 3 aromatic rings. The normalized spacial score (nSPS) is 17.7. The lowest BCUT2D eigenvalue weighted by atomic mass is 10.0. The Labute approximate surface area is 167 Å². The zero-order valence-electron chi connectivity index (χ0n) is 15.2. The van der Waals surface area contributed by atoms with Crippen LogP contribution in [0.4, 0.5) is 0 Å². The van der Waals surface area contributed by atoms with Gasteiger partial charge in [-0.1, -0.05) is 22.0 Å². The molecule has 0 saturated carbocycles. The molecule has 2 aliphatic rings. The molecule has 27 heavy (non-hydrogen) atoms. The molecule has 5 nitrogen and oxygen atoms in total. The number of aromatic nitrogens is 3. The summed E-state index contributed by atoms with van der Waals surface area (Å²) < 4.78 is 1.10. The highest BCUT2D eigenvalue weighted by Crippen LogP contribution is 2.25. The van der Waals surface area contributed by atoms with Crippen molar-refractivity contribution in [2.45, 2.75) is 38.8 Å². The highest BCUT2D eigenvalue weighted by Gasteiger charge is 2.21. The Bertz CT molecular complexity index is 1020. The Hall–Kier alpha value is -2.05. The van der Waals surface area contributed by atoms with Crippen LogP contribution >= 0.6 is 15.9 Å². The average molecular weight is 424 g/mol. The van der Waals surface area contributed by atoms with Crippen LogP contribution in [0.1, 0.15) is 41.9 Å². The molecule has 0 fully saturated rings. The van der Waals surface area contributed by atoms with Crippen LogP contribution in [0.5, 0.6) is 0 Å². The summed E-state index contributed by atoms with van der Waals surface area (Å²) in [7, 11) is 0. The molecule has 0 aliphatic carbocycles. The van der Waals surface area contributed by atoms with Crippen LogP contribution in [0.25, 0.3) is 10.9 Å². The van der Waals surface area contributed by atoms with Crippen molar-refractivity contribution < 1.29 is 0 Å². The fraction of sp³-hybridized carbons (Fsp3) is 0.381. The van der Waals surface area contributed by atoms with Gasteiger partial charge in [0.1, 0.15) is 0 Å². The van der Waals surface area contributed by atoms with E-state index in [9.17, 15) is 0 Å². The highest BCUT2D eigenvalue weighted by molar-refractivity contribution is 9.10. The number of H-pyrrole nitrogens is 1. The first-order valence-corrected chi connectivity index (χ1v) is 10.4. The summed E-state index contributed by atoms with van der Waals surface area (Å²) in [6, 6.07) is 6.42. The highest BCUT2D eigenvalue weighted by atomic mass is 79.9. The summed E-state index contributed by atoms with van der Waals surface area (Å²) in [5, 5.41) is 1.30. The van der Waals surface area contributed by atoms with Gasteiger partial charge in [0.25, 0.3) is 0 Å². The molecule has 1 aromatic carbocycles. The second kappa shape index (κ2) is 7.17. The van der Waals surface area contributed by atoms with Crippen LogP contribution in [-0.2, 0) is 19.5 Å². The number of rotatable bonds is 3. The summed E-state index contributed by atoms with van der Waals surface area (Å²) in [6.45, 7) is 3.80. The number of halogens is 1. The van der Waals surface area contributed by atoms with Gasteiger partial charge in [-0.25, -0.2) is 9.97 Å². The molecule has 1 N–H and O–H groups in total. The van der Waals surface area contributed by atoms with Gasteiger partial charge in [-0.05, 0) is 37.0 Å². The average Bonchev–Trinajstić information content (AvgIpc) is 3.10. The van der Waals surface area contributed by atoms with Crippen LogP contribution in [-0.4, -0.2) is 38.7 Å². The molecule has 0 unspecified atom stereocenters. The lowest BCUT2D eigenvalue weighted by Crippen LogP contribution is -2.31. The first-order valence-electron chi connectivity index (χ1n) is 9.62. The molecule has 2 aromatic heterocycles. The van der Waals surface area contributed by atoms with Gasteiger partial charge in [0.2, 0.25) is 0 Å². The van der Waals surface area contributed by atoms with Crippen molar-refractivity contribution in [2.24, 2.45) is 4.99 Å². The van der Waals surface area contributed by atoms with Crippen LogP contribution in [0.2, 0.25) is 0 Å². The summed E-state index contributed by atoms with van der Waals surface area (Å²) in [6.07, 6.45) is 8.54. The van der Waals surface area contributed by atoms with Crippen molar-refractivity contribution in [3.8, 4) is 0 Å². The second-order valence-corrected chi connectivity index (χ2v) is 8.33. The molecule has 0 bridgehead atoms. The van der Waals surface area contributed by atoms with E-state index < -0.39 is 0 Å². The molecule has 0 atom stereocenters. The van der Waals surface area contributed by atoms with Crippen molar-refractivity contribution in [2.75, 3.05) is 13.1 Å². The number of fused-ring (bicyclic) bond motifs is 2. The van der Waals surface area contributed by atoms with E-state index in [0.717, 1.165) is 55.0 Å². The minimum atomic E-state index is 0.851. The molecule has 0 saturated heterocycles. The van der Waals surface area contributed by atoms with E-state index in [0.29, 0.717) is 0 Å². The summed E-state index contributed by atoms with van der Waals surface area (Å²) in [5.74, 6) is 0.851. The molecule has 138 valence electrons. The zero-order valence-corrected chi connectivity index (χ0v) is 16.8. The summed E-state index contributed by atoms with van der Waals surface area (Å²) in [5.41, 5.74) is 6.07. The van der Waals surface area contributed by atoms with Crippen LogP contribution in [0.15, 0.2) is 40.1 Å². The summed E-state index contributed by atoms with van der Waals surface area (Å²) >= 11 is 3.54. The van der Waals surface area contributed by atoms with Gasteiger partial charge in [0, 0.05) is 65.9 Å². The molecule has 2 aliphatic heterocycles. The predicted molar refractivity (Wildman–Crippen MR) is 111 cm³/mol. The Kier molecular flexibility index (Phi) is 4.53. The van der Waals surface area contributed by atoms with Crippen molar-refractivity contribution in [3.63, 3.8) is 0 Å². The molecule has 0 spiro atoms. The predicted octanol–water partition coefficient (Wildman–Crippen LogP) is 4.25. The first kappa shape index (κ1) is 17.1. The molecule has 0 amide bonds. The van der Waals surface area contributed by atoms with Gasteiger partial charge in [0.05, 0.1) is 11.4 Å². The Morgan fingerprint density at radius 2 is 2.15 bits per heavy atom. The molecule has 4 heterocycles. The van der Waals surface area contributed by atoms with Gasteiger partial charge in [-0.3, -0.25) is 9.89 Å². The quantitative estimate of drug-likeness (QED) is 0.684. The fourth-order valence-corrected chi connectivity index (χ4v) is 4.42.